The lowest BCUT2D eigenvalue weighted by Gasteiger charge is -2.18. The summed E-state index contributed by atoms with van der Waals surface area (Å²) in [5.41, 5.74) is 2.01. The minimum atomic E-state index is 0.336. The number of anilines is 1. The van der Waals surface area contributed by atoms with E-state index >= 15 is 0 Å². The van der Waals surface area contributed by atoms with Crippen LogP contribution in [0.4, 0.5) is 5.69 Å². The lowest BCUT2D eigenvalue weighted by Crippen LogP contribution is -2.21. The Morgan fingerprint density at radius 2 is 1.83 bits per heavy atom. The average Bonchev–Trinajstić information content (AvgIpc) is 2.71. The van der Waals surface area contributed by atoms with Crippen molar-refractivity contribution < 1.29 is 0 Å². The van der Waals surface area contributed by atoms with E-state index in [1.54, 1.807) is 0 Å². The standard InChI is InChI=1S/C14H22N4/c1-9(2)11(5)17-13-6-12-7-16-18(10(3)4)14(12)15-8-13/h6-11,17H,1-5H3. The van der Waals surface area contributed by atoms with Crippen LogP contribution in [-0.2, 0) is 0 Å². The fraction of sp³-hybridized carbons (Fsp3) is 0.571. The molecule has 2 aromatic heterocycles. The Morgan fingerprint density at radius 3 is 2.44 bits per heavy atom. The summed E-state index contributed by atoms with van der Waals surface area (Å²) < 4.78 is 1.95. The Kier molecular flexibility index (Phi) is 3.55. The molecule has 2 heterocycles. The summed E-state index contributed by atoms with van der Waals surface area (Å²) in [5, 5.41) is 8.94. The highest BCUT2D eigenvalue weighted by Gasteiger charge is 2.10. The molecule has 0 bridgehead atoms. The van der Waals surface area contributed by atoms with Gasteiger partial charge in [0.15, 0.2) is 5.65 Å². The maximum Gasteiger partial charge on any atom is 0.158 e. The third kappa shape index (κ3) is 2.47. The van der Waals surface area contributed by atoms with E-state index < -0.39 is 0 Å². The third-order valence-corrected chi connectivity index (χ3v) is 3.32. The number of hydrogen-bond donors (Lipinski definition) is 1. The fourth-order valence-electron chi connectivity index (χ4n) is 1.83. The van der Waals surface area contributed by atoms with Crippen LogP contribution in [0.3, 0.4) is 0 Å². The van der Waals surface area contributed by atoms with Crippen LogP contribution in [0.2, 0.25) is 0 Å². The molecule has 18 heavy (non-hydrogen) atoms. The summed E-state index contributed by atoms with van der Waals surface area (Å²) in [6.07, 6.45) is 3.77. The molecule has 1 N–H and O–H groups in total. The molecule has 0 amide bonds. The Labute approximate surface area is 108 Å². The average molecular weight is 246 g/mol. The van der Waals surface area contributed by atoms with Crippen LogP contribution in [0.25, 0.3) is 11.0 Å². The highest BCUT2D eigenvalue weighted by Crippen LogP contribution is 2.20. The molecule has 2 aromatic rings. The Bertz CT molecular complexity index is 528. The summed E-state index contributed by atoms with van der Waals surface area (Å²) in [6, 6.07) is 2.89. The first kappa shape index (κ1) is 12.9. The van der Waals surface area contributed by atoms with Crippen LogP contribution < -0.4 is 5.32 Å². The highest BCUT2D eigenvalue weighted by atomic mass is 15.3. The van der Waals surface area contributed by atoms with Gasteiger partial charge in [-0.3, -0.25) is 0 Å². The number of nitrogens with one attached hydrogen (secondary N) is 1. The van der Waals surface area contributed by atoms with Gasteiger partial charge >= 0.3 is 0 Å². The van der Waals surface area contributed by atoms with Crippen LogP contribution >= 0.6 is 0 Å². The molecule has 0 aliphatic carbocycles. The number of pyridine rings is 1. The molecule has 0 spiro atoms. The third-order valence-electron chi connectivity index (χ3n) is 3.32. The molecule has 1 atom stereocenters. The molecule has 2 rings (SSSR count). The summed E-state index contributed by atoms with van der Waals surface area (Å²) in [5.74, 6) is 0.596. The van der Waals surface area contributed by atoms with Crippen LogP contribution in [0.5, 0.6) is 0 Å². The van der Waals surface area contributed by atoms with E-state index in [0.717, 1.165) is 16.7 Å². The zero-order chi connectivity index (χ0) is 13.3. The molecule has 1 unspecified atom stereocenters. The summed E-state index contributed by atoms with van der Waals surface area (Å²) in [4.78, 5) is 4.51. The number of fused-ring (bicyclic) bond motifs is 1. The van der Waals surface area contributed by atoms with E-state index in [2.05, 4.69) is 56.1 Å². The van der Waals surface area contributed by atoms with E-state index in [1.165, 1.54) is 0 Å². The van der Waals surface area contributed by atoms with Gasteiger partial charge in [-0.15, -0.1) is 0 Å². The minimum absolute atomic E-state index is 0.336. The lowest BCUT2D eigenvalue weighted by atomic mass is 10.1. The molecule has 0 saturated carbocycles. The predicted molar refractivity (Wildman–Crippen MR) is 75.8 cm³/mol. The number of hydrogen-bond acceptors (Lipinski definition) is 3. The van der Waals surface area contributed by atoms with Crippen LogP contribution in [0, 0.1) is 5.92 Å². The van der Waals surface area contributed by atoms with Gasteiger partial charge in [-0.25, -0.2) is 9.67 Å². The van der Waals surface area contributed by atoms with Crippen molar-refractivity contribution >= 4 is 16.7 Å². The SMILES string of the molecule is CC(C)C(C)Nc1cnc2c(cnn2C(C)C)c1. The topological polar surface area (TPSA) is 42.7 Å². The number of rotatable bonds is 4. The largest absolute Gasteiger partial charge is 0.381 e. The van der Waals surface area contributed by atoms with Gasteiger partial charge in [0.2, 0.25) is 0 Å². The van der Waals surface area contributed by atoms with Gasteiger partial charge in [-0.05, 0) is 32.8 Å². The van der Waals surface area contributed by atoms with Gasteiger partial charge in [-0.2, -0.15) is 5.10 Å². The summed E-state index contributed by atoms with van der Waals surface area (Å²) >= 11 is 0. The molecule has 0 radical (unpaired) electrons. The second kappa shape index (κ2) is 4.96. The Morgan fingerprint density at radius 1 is 1.11 bits per heavy atom. The quantitative estimate of drug-likeness (QED) is 0.898. The first-order valence-electron chi connectivity index (χ1n) is 6.59. The second-order valence-electron chi connectivity index (χ2n) is 5.50. The van der Waals surface area contributed by atoms with E-state index in [4.69, 9.17) is 0 Å². The Hall–Kier alpha value is -1.58. The van der Waals surface area contributed by atoms with Crippen molar-refractivity contribution in [3.05, 3.63) is 18.5 Å². The van der Waals surface area contributed by atoms with E-state index in [1.807, 2.05) is 17.1 Å². The van der Waals surface area contributed by atoms with Crippen LogP contribution in [-0.4, -0.2) is 20.8 Å². The van der Waals surface area contributed by atoms with Gasteiger partial charge < -0.3 is 5.32 Å². The lowest BCUT2D eigenvalue weighted by molar-refractivity contribution is 0.546. The molecule has 4 heteroatoms. The summed E-state index contributed by atoms with van der Waals surface area (Å²) in [7, 11) is 0. The Balaban J connectivity index is 2.29. The van der Waals surface area contributed by atoms with Crippen molar-refractivity contribution in [1.29, 1.82) is 0 Å². The molecule has 4 nitrogen and oxygen atoms in total. The number of nitrogens with zero attached hydrogens (tertiary/aromatic N) is 3. The fourth-order valence-corrected chi connectivity index (χ4v) is 1.83. The van der Waals surface area contributed by atoms with Crippen molar-refractivity contribution in [3.63, 3.8) is 0 Å². The van der Waals surface area contributed by atoms with Crippen LogP contribution in [0.15, 0.2) is 18.5 Å². The monoisotopic (exact) mass is 246 g/mol. The molecule has 0 aliphatic rings. The summed E-state index contributed by atoms with van der Waals surface area (Å²) in [6.45, 7) is 10.8. The van der Waals surface area contributed by atoms with Crippen molar-refractivity contribution in [2.24, 2.45) is 5.92 Å². The molecule has 0 fully saturated rings. The van der Waals surface area contributed by atoms with E-state index in [0.29, 0.717) is 18.0 Å². The van der Waals surface area contributed by atoms with Crippen molar-refractivity contribution in [3.8, 4) is 0 Å². The first-order valence-corrected chi connectivity index (χ1v) is 6.59. The molecule has 0 saturated heterocycles. The number of aromatic nitrogens is 3. The highest BCUT2D eigenvalue weighted by molar-refractivity contribution is 5.78. The molecule has 0 aliphatic heterocycles. The van der Waals surface area contributed by atoms with Gasteiger partial charge in [0.1, 0.15) is 0 Å². The zero-order valence-corrected chi connectivity index (χ0v) is 11.8. The van der Waals surface area contributed by atoms with Gasteiger partial charge in [-0.1, -0.05) is 13.8 Å². The van der Waals surface area contributed by atoms with Crippen molar-refractivity contribution in [2.75, 3.05) is 5.32 Å². The zero-order valence-electron chi connectivity index (χ0n) is 11.8. The molecule has 0 aromatic carbocycles. The predicted octanol–water partition coefficient (Wildman–Crippen LogP) is 3.47. The smallest absolute Gasteiger partial charge is 0.158 e. The molecular formula is C14H22N4. The van der Waals surface area contributed by atoms with Gasteiger partial charge in [0.05, 0.1) is 18.1 Å². The normalized spacial score (nSPS) is 13.5. The van der Waals surface area contributed by atoms with Crippen molar-refractivity contribution in [2.45, 2.75) is 46.7 Å². The minimum Gasteiger partial charge on any atom is -0.381 e. The first-order chi connectivity index (χ1) is 8.49. The van der Waals surface area contributed by atoms with Crippen molar-refractivity contribution in [1.82, 2.24) is 14.8 Å². The maximum absolute atomic E-state index is 4.51. The van der Waals surface area contributed by atoms with Gasteiger partial charge in [0, 0.05) is 17.5 Å². The molecular weight excluding hydrogens is 224 g/mol. The van der Waals surface area contributed by atoms with Crippen LogP contribution in [0.1, 0.15) is 40.7 Å². The van der Waals surface area contributed by atoms with E-state index in [9.17, 15) is 0 Å². The van der Waals surface area contributed by atoms with Gasteiger partial charge in [0.25, 0.3) is 0 Å². The molecule has 98 valence electrons. The second-order valence-corrected chi connectivity index (χ2v) is 5.50. The maximum atomic E-state index is 4.51. The van der Waals surface area contributed by atoms with E-state index in [-0.39, 0.29) is 0 Å².